The Kier molecular flexibility index (Phi) is 3.04. The van der Waals surface area contributed by atoms with Crippen LogP contribution in [0.2, 0.25) is 0 Å². The molecule has 0 radical (unpaired) electrons. The van der Waals surface area contributed by atoms with Gasteiger partial charge < -0.3 is 5.11 Å². The average molecular weight is 168 g/mol. The first-order valence-electron chi connectivity index (χ1n) is 4.49. The number of aliphatic hydroxyl groups is 1. The van der Waals surface area contributed by atoms with Gasteiger partial charge in [-0.15, -0.1) is 0 Å². The zero-order valence-electron chi connectivity index (χ0n) is 7.71. The fourth-order valence-corrected chi connectivity index (χ4v) is 1.65. The summed E-state index contributed by atoms with van der Waals surface area (Å²) in [5.41, 5.74) is 0.886. The molecule has 0 amide bonds. The quantitative estimate of drug-likeness (QED) is 0.679. The highest BCUT2D eigenvalue weighted by Gasteiger charge is 2.24. The maximum atomic E-state index is 11.4. The molecule has 68 valence electrons. The summed E-state index contributed by atoms with van der Waals surface area (Å²) in [4.78, 5) is 11.4. The van der Waals surface area contributed by atoms with Gasteiger partial charge in [0.2, 0.25) is 0 Å². The molecule has 0 heterocycles. The van der Waals surface area contributed by atoms with Crippen molar-refractivity contribution in [1.82, 2.24) is 0 Å². The minimum Gasteiger partial charge on any atom is -0.392 e. The highest BCUT2D eigenvalue weighted by Crippen LogP contribution is 2.26. The molecule has 0 aliphatic heterocycles. The third kappa shape index (κ3) is 1.95. The Morgan fingerprint density at radius 1 is 1.67 bits per heavy atom. The Hall–Kier alpha value is -0.630. The van der Waals surface area contributed by atoms with E-state index in [-0.39, 0.29) is 18.3 Å². The molecule has 1 atom stereocenters. The van der Waals surface area contributed by atoms with Crippen molar-refractivity contribution in [2.45, 2.75) is 26.7 Å². The lowest BCUT2D eigenvalue weighted by Gasteiger charge is -2.22. The van der Waals surface area contributed by atoms with Crippen molar-refractivity contribution >= 4 is 5.78 Å². The molecule has 0 aromatic rings. The molecule has 2 heteroatoms. The number of carbonyl (C=O) groups is 1. The Morgan fingerprint density at radius 3 is 2.75 bits per heavy atom. The lowest BCUT2D eigenvalue weighted by Crippen LogP contribution is -2.23. The van der Waals surface area contributed by atoms with E-state index in [1.54, 1.807) is 6.08 Å². The third-order valence-corrected chi connectivity index (χ3v) is 2.50. The Balaban J connectivity index is 2.67. The van der Waals surface area contributed by atoms with Crippen LogP contribution in [0.1, 0.15) is 26.7 Å². The van der Waals surface area contributed by atoms with Crippen LogP contribution in [0.15, 0.2) is 11.6 Å². The molecule has 1 aliphatic carbocycles. The highest BCUT2D eigenvalue weighted by molar-refractivity contribution is 5.93. The number of rotatable bonds is 2. The summed E-state index contributed by atoms with van der Waals surface area (Å²) in [6, 6.07) is 0. The van der Waals surface area contributed by atoms with Gasteiger partial charge in [-0.2, -0.15) is 0 Å². The van der Waals surface area contributed by atoms with E-state index in [4.69, 9.17) is 5.11 Å². The predicted octanol–water partition coefficient (Wildman–Crippen LogP) is 1.54. The predicted molar refractivity (Wildman–Crippen MR) is 47.7 cm³/mol. The minimum atomic E-state index is 0.0382. The Labute approximate surface area is 73.3 Å². The van der Waals surface area contributed by atoms with Gasteiger partial charge in [0, 0.05) is 5.92 Å². The lowest BCUT2D eigenvalue weighted by atomic mass is 9.81. The largest absolute Gasteiger partial charge is 0.392 e. The molecule has 0 saturated heterocycles. The van der Waals surface area contributed by atoms with Crippen LogP contribution in [0, 0.1) is 11.8 Å². The molecule has 1 aliphatic rings. The van der Waals surface area contributed by atoms with Crippen LogP contribution < -0.4 is 0 Å². The van der Waals surface area contributed by atoms with Crippen LogP contribution in [0.4, 0.5) is 0 Å². The van der Waals surface area contributed by atoms with E-state index in [1.807, 2.05) is 0 Å². The molecule has 0 fully saturated rings. The first-order chi connectivity index (χ1) is 5.65. The summed E-state index contributed by atoms with van der Waals surface area (Å²) in [6.45, 7) is 4.18. The van der Waals surface area contributed by atoms with Crippen LogP contribution in [-0.2, 0) is 4.79 Å². The summed E-state index contributed by atoms with van der Waals surface area (Å²) < 4.78 is 0. The second-order valence-corrected chi connectivity index (χ2v) is 3.75. The van der Waals surface area contributed by atoms with Crippen LogP contribution in [0.5, 0.6) is 0 Å². The van der Waals surface area contributed by atoms with E-state index in [1.165, 1.54) is 0 Å². The Morgan fingerprint density at radius 2 is 2.33 bits per heavy atom. The molecule has 0 saturated carbocycles. The zero-order chi connectivity index (χ0) is 9.14. The SMILES string of the molecule is CC(C)[C@H]1CCC(CO)=CC1=O. The van der Waals surface area contributed by atoms with E-state index in [0.717, 1.165) is 18.4 Å². The van der Waals surface area contributed by atoms with E-state index in [0.29, 0.717) is 5.92 Å². The maximum absolute atomic E-state index is 11.4. The zero-order valence-corrected chi connectivity index (χ0v) is 7.71. The molecule has 2 nitrogen and oxygen atoms in total. The lowest BCUT2D eigenvalue weighted by molar-refractivity contribution is -0.120. The molecule has 0 bridgehead atoms. The average Bonchev–Trinajstić information content (AvgIpc) is 2.03. The van der Waals surface area contributed by atoms with Gasteiger partial charge in [0.1, 0.15) is 0 Å². The monoisotopic (exact) mass is 168 g/mol. The van der Waals surface area contributed by atoms with Gasteiger partial charge in [-0.3, -0.25) is 4.79 Å². The number of aliphatic hydroxyl groups excluding tert-OH is 1. The number of hydrogen-bond donors (Lipinski definition) is 1. The second-order valence-electron chi connectivity index (χ2n) is 3.75. The van der Waals surface area contributed by atoms with Crippen molar-refractivity contribution in [1.29, 1.82) is 0 Å². The second kappa shape index (κ2) is 3.85. The van der Waals surface area contributed by atoms with Crippen molar-refractivity contribution in [3.63, 3.8) is 0 Å². The van der Waals surface area contributed by atoms with Gasteiger partial charge in [-0.25, -0.2) is 0 Å². The molecule has 1 N–H and O–H groups in total. The minimum absolute atomic E-state index is 0.0382. The summed E-state index contributed by atoms with van der Waals surface area (Å²) in [6.07, 6.45) is 3.40. The topological polar surface area (TPSA) is 37.3 Å². The normalized spacial score (nSPS) is 24.5. The van der Waals surface area contributed by atoms with E-state index in [9.17, 15) is 4.79 Å². The fourth-order valence-electron chi connectivity index (χ4n) is 1.65. The fraction of sp³-hybridized carbons (Fsp3) is 0.700. The van der Waals surface area contributed by atoms with Gasteiger partial charge in [-0.1, -0.05) is 13.8 Å². The van der Waals surface area contributed by atoms with Crippen molar-refractivity contribution in [2.75, 3.05) is 6.61 Å². The van der Waals surface area contributed by atoms with Crippen molar-refractivity contribution < 1.29 is 9.90 Å². The number of hydrogen-bond acceptors (Lipinski definition) is 2. The Bertz CT molecular complexity index is 204. The van der Waals surface area contributed by atoms with Crippen molar-refractivity contribution in [3.05, 3.63) is 11.6 Å². The molecular formula is C10H16O2. The number of ketones is 1. The molecule has 1 rings (SSSR count). The molecular weight excluding hydrogens is 152 g/mol. The van der Waals surface area contributed by atoms with Crippen LogP contribution in [-0.4, -0.2) is 17.5 Å². The van der Waals surface area contributed by atoms with Gasteiger partial charge in [0.25, 0.3) is 0 Å². The number of allylic oxidation sites excluding steroid dienone is 1. The summed E-state index contributed by atoms with van der Waals surface area (Å²) in [7, 11) is 0. The van der Waals surface area contributed by atoms with E-state index in [2.05, 4.69) is 13.8 Å². The van der Waals surface area contributed by atoms with Gasteiger partial charge >= 0.3 is 0 Å². The smallest absolute Gasteiger partial charge is 0.159 e. The first-order valence-corrected chi connectivity index (χ1v) is 4.49. The highest BCUT2D eigenvalue weighted by atomic mass is 16.3. The molecule has 12 heavy (non-hydrogen) atoms. The van der Waals surface area contributed by atoms with Crippen LogP contribution in [0.3, 0.4) is 0 Å². The maximum Gasteiger partial charge on any atom is 0.159 e. The van der Waals surface area contributed by atoms with Crippen molar-refractivity contribution in [2.24, 2.45) is 11.8 Å². The standard InChI is InChI=1S/C10H16O2/c1-7(2)9-4-3-8(6-11)5-10(9)12/h5,7,9,11H,3-4,6H2,1-2H3/t9-/m1/s1. The van der Waals surface area contributed by atoms with Crippen LogP contribution in [0.25, 0.3) is 0 Å². The number of carbonyl (C=O) groups excluding carboxylic acids is 1. The van der Waals surface area contributed by atoms with Crippen molar-refractivity contribution in [3.8, 4) is 0 Å². The van der Waals surface area contributed by atoms with E-state index < -0.39 is 0 Å². The summed E-state index contributed by atoms with van der Waals surface area (Å²) in [5.74, 6) is 0.801. The molecule has 0 aromatic heterocycles. The van der Waals surface area contributed by atoms with E-state index >= 15 is 0 Å². The molecule has 0 unspecified atom stereocenters. The van der Waals surface area contributed by atoms with Crippen LogP contribution >= 0.6 is 0 Å². The molecule has 0 aromatic carbocycles. The first kappa shape index (κ1) is 9.46. The molecule has 0 spiro atoms. The van der Waals surface area contributed by atoms with Gasteiger partial charge in [0.15, 0.2) is 5.78 Å². The van der Waals surface area contributed by atoms with Gasteiger partial charge in [-0.05, 0) is 30.4 Å². The van der Waals surface area contributed by atoms with Gasteiger partial charge in [0.05, 0.1) is 6.61 Å². The summed E-state index contributed by atoms with van der Waals surface area (Å²) in [5, 5.41) is 8.81. The summed E-state index contributed by atoms with van der Waals surface area (Å²) >= 11 is 0. The third-order valence-electron chi connectivity index (χ3n) is 2.50.